The molecule has 7 rings (SSSR count). The molecule has 6 aromatic carbocycles. The van der Waals surface area contributed by atoms with Gasteiger partial charge in [-0.15, -0.1) is 0 Å². The third-order valence-corrected chi connectivity index (χ3v) is 18.1. The Bertz CT molecular complexity index is 1820. The molecular formula is C43H42NOP3. The lowest BCUT2D eigenvalue weighted by Crippen LogP contribution is -2.38. The van der Waals surface area contributed by atoms with Gasteiger partial charge in [-0.2, -0.15) is 0 Å². The van der Waals surface area contributed by atoms with Gasteiger partial charge in [0, 0.05) is 28.9 Å². The van der Waals surface area contributed by atoms with Crippen molar-refractivity contribution in [1.82, 2.24) is 4.67 Å². The molecule has 2 nitrogen and oxygen atoms in total. The highest BCUT2D eigenvalue weighted by atomic mass is 31.2. The summed E-state index contributed by atoms with van der Waals surface area (Å²) in [6.45, 7) is 5.00. The average molecular weight is 682 g/mol. The topological polar surface area (TPSA) is 20.3 Å². The van der Waals surface area contributed by atoms with Crippen LogP contribution in [0.3, 0.4) is 0 Å². The lowest BCUT2D eigenvalue weighted by molar-refractivity contribution is 0.422. The van der Waals surface area contributed by atoms with E-state index in [1.165, 1.54) is 32.3 Å². The van der Waals surface area contributed by atoms with Gasteiger partial charge in [-0.3, -0.25) is 4.57 Å². The molecule has 1 aliphatic heterocycles. The fraction of sp³-hybridized carbons (Fsp3) is 0.163. The summed E-state index contributed by atoms with van der Waals surface area (Å²) >= 11 is 0. The minimum Gasteiger partial charge on any atom is -0.296 e. The molecule has 5 heteroatoms. The predicted octanol–water partition coefficient (Wildman–Crippen LogP) is 8.24. The normalized spacial score (nSPS) is 16.8. The molecule has 1 heterocycles. The van der Waals surface area contributed by atoms with Crippen LogP contribution in [-0.4, -0.2) is 29.1 Å². The summed E-state index contributed by atoms with van der Waals surface area (Å²) in [6, 6.07) is 61.3. The highest BCUT2D eigenvalue weighted by Crippen LogP contribution is 2.58. The first-order valence-electron chi connectivity index (χ1n) is 16.8. The van der Waals surface area contributed by atoms with Crippen molar-refractivity contribution in [2.24, 2.45) is 0 Å². The second-order valence-corrected chi connectivity index (χ2v) is 20.2. The zero-order valence-electron chi connectivity index (χ0n) is 27.6. The zero-order chi connectivity index (χ0) is 32.9. The van der Waals surface area contributed by atoms with E-state index in [4.69, 9.17) is 0 Å². The standard InChI is InChI=1S/C43H42NOP3/c1-34-23-27-42(28-24-34)48(45,43-29-25-35(2)26-30-43)44-32-41(47(39-19-11-5-12-20-39)40-21-13-6-14-22-40)31-36(44)33-46(37-15-7-3-8-16-37)38-17-9-4-10-18-38/h3-30,36,41H,31-33H2,1-2H3/t36-,41-/m0/s1. The fourth-order valence-electron chi connectivity index (χ4n) is 7.05. The van der Waals surface area contributed by atoms with E-state index >= 15 is 4.57 Å². The highest BCUT2D eigenvalue weighted by Gasteiger charge is 2.47. The molecule has 0 N–H and O–H groups in total. The monoisotopic (exact) mass is 681 g/mol. The van der Waals surface area contributed by atoms with Crippen LogP contribution in [0.2, 0.25) is 0 Å². The molecule has 1 fully saturated rings. The number of hydrogen-bond donors (Lipinski definition) is 0. The molecule has 0 bridgehead atoms. The van der Waals surface area contributed by atoms with Gasteiger partial charge in [0.05, 0.1) is 0 Å². The molecule has 6 aromatic rings. The lowest BCUT2D eigenvalue weighted by atomic mass is 10.2. The summed E-state index contributed by atoms with van der Waals surface area (Å²) < 4.78 is 18.8. The summed E-state index contributed by atoms with van der Waals surface area (Å²) in [7, 11) is -4.59. The molecule has 1 saturated heterocycles. The average Bonchev–Trinajstić information content (AvgIpc) is 3.56. The van der Waals surface area contributed by atoms with Crippen LogP contribution in [0.15, 0.2) is 170 Å². The van der Waals surface area contributed by atoms with Gasteiger partial charge in [-0.05, 0) is 87.8 Å². The van der Waals surface area contributed by atoms with E-state index in [1.54, 1.807) is 0 Å². The molecule has 0 radical (unpaired) electrons. The minimum absolute atomic E-state index is 0.132. The summed E-state index contributed by atoms with van der Waals surface area (Å²) in [5.41, 5.74) is 2.71. The lowest BCUT2D eigenvalue weighted by Gasteiger charge is -2.36. The first-order valence-corrected chi connectivity index (χ1v) is 21.4. The van der Waals surface area contributed by atoms with Crippen LogP contribution in [-0.2, 0) is 4.57 Å². The molecule has 0 aliphatic carbocycles. The summed E-state index contributed by atoms with van der Waals surface area (Å²) in [4.78, 5) is 0. The Morgan fingerprint density at radius 2 is 0.917 bits per heavy atom. The molecule has 0 unspecified atom stereocenters. The van der Waals surface area contributed by atoms with E-state index in [0.717, 1.165) is 29.7 Å². The summed E-state index contributed by atoms with van der Waals surface area (Å²) in [6.07, 6.45) is 1.95. The summed E-state index contributed by atoms with van der Waals surface area (Å²) in [5.74, 6) is 0. The van der Waals surface area contributed by atoms with E-state index in [2.05, 4.69) is 188 Å². The van der Waals surface area contributed by atoms with Crippen LogP contribution in [0.4, 0.5) is 0 Å². The predicted molar refractivity (Wildman–Crippen MR) is 211 cm³/mol. The van der Waals surface area contributed by atoms with Gasteiger partial charge in [0.25, 0.3) is 0 Å². The molecule has 0 aromatic heterocycles. The molecule has 240 valence electrons. The number of nitrogens with zero attached hydrogens (tertiary/aromatic N) is 1. The maximum atomic E-state index is 16.3. The maximum absolute atomic E-state index is 16.3. The second kappa shape index (κ2) is 14.9. The van der Waals surface area contributed by atoms with E-state index in [0.29, 0.717) is 5.66 Å². The van der Waals surface area contributed by atoms with Crippen molar-refractivity contribution in [2.45, 2.75) is 32.0 Å². The maximum Gasteiger partial charge on any atom is 0.207 e. The first-order chi connectivity index (χ1) is 23.5. The Morgan fingerprint density at radius 3 is 1.31 bits per heavy atom. The Kier molecular flexibility index (Phi) is 10.2. The van der Waals surface area contributed by atoms with Crippen molar-refractivity contribution >= 4 is 55.0 Å². The van der Waals surface area contributed by atoms with Gasteiger partial charge in [-0.1, -0.05) is 157 Å². The number of benzene rings is 6. The minimum atomic E-state index is -3.21. The van der Waals surface area contributed by atoms with E-state index in [-0.39, 0.29) is 6.04 Å². The quantitative estimate of drug-likeness (QED) is 0.136. The number of rotatable bonds is 10. The number of aryl methyl sites for hydroxylation is 2. The van der Waals surface area contributed by atoms with Crippen molar-refractivity contribution in [1.29, 1.82) is 0 Å². The Hall–Kier alpha value is -3.63. The van der Waals surface area contributed by atoms with Crippen molar-refractivity contribution in [3.8, 4) is 0 Å². The van der Waals surface area contributed by atoms with Crippen molar-refractivity contribution in [3.63, 3.8) is 0 Å². The molecular weight excluding hydrogens is 639 g/mol. The highest BCUT2D eigenvalue weighted by molar-refractivity contribution is 7.77. The summed E-state index contributed by atoms with van der Waals surface area (Å²) in [5, 5.41) is 7.37. The number of hydrogen-bond acceptors (Lipinski definition) is 1. The van der Waals surface area contributed by atoms with E-state index in [9.17, 15) is 0 Å². The van der Waals surface area contributed by atoms with Gasteiger partial charge >= 0.3 is 0 Å². The van der Waals surface area contributed by atoms with Crippen LogP contribution < -0.4 is 31.8 Å². The second-order valence-electron chi connectivity index (χ2n) is 12.7. The molecule has 1 aliphatic rings. The fourth-order valence-corrected chi connectivity index (χ4v) is 15.8. The Balaban J connectivity index is 1.39. The van der Waals surface area contributed by atoms with Crippen molar-refractivity contribution in [3.05, 3.63) is 181 Å². The SMILES string of the molecule is Cc1ccc(P(=O)(c2ccc(C)cc2)N2C[C@@H](P(c3ccccc3)c3ccccc3)C[C@H]2CP(c2ccccc2)c2ccccc2)cc1. The largest absolute Gasteiger partial charge is 0.296 e. The molecule has 0 amide bonds. The molecule has 0 saturated carbocycles. The van der Waals surface area contributed by atoms with Gasteiger partial charge < -0.3 is 0 Å². The first kappa shape index (κ1) is 32.9. The van der Waals surface area contributed by atoms with Crippen LogP contribution in [0.1, 0.15) is 17.5 Å². The third kappa shape index (κ3) is 6.92. The van der Waals surface area contributed by atoms with Crippen LogP contribution >= 0.6 is 23.1 Å². The van der Waals surface area contributed by atoms with Crippen molar-refractivity contribution < 1.29 is 4.57 Å². The van der Waals surface area contributed by atoms with Crippen LogP contribution in [0, 0.1) is 13.8 Å². The Morgan fingerprint density at radius 1 is 0.542 bits per heavy atom. The van der Waals surface area contributed by atoms with Crippen LogP contribution in [0.5, 0.6) is 0 Å². The molecule has 48 heavy (non-hydrogen) atoms. The molecule has 0 spiro atoms. The van der Waals surface area contributed by atoms with Crippen LogP contribution in [0.25, 0.3) is 0 Å². The Labute approximate surface area is 288 Å². The van der Waals surface area contributed by atoms with E-state index in [1.807, 2.05) is 0 Å². The molecule has 2 atom stereocenters. The van der Waals surface area contributed by atoms with E-state index < -0.39 is 23.1 Å². The van der Waals surface area contributed by atoms with Gasteiger partial charge in [0.2, 0.25) is 7.29 Å². The third-order valence-electron chi connectivity index (χ3n) is 9.46. The van der Waals surface area contributed by atoms with Crippen molar-refractivity contribution in [2.75, 3.05) is 12.7 Å². The van der Waals surface area contributed by atoms with Gasteiger partial charge in [-0.25, -0.2) is 4.67 Å². The van der Waals surface area contributed by atoms with Gasteiger partial charge in [0.15, 0.2) is 0 Å². The van der Waals surface area contributed by atoms with Gasteiger partial charge in [0.1, 0.15) is 0 Å². The zero-order valence-corrected chi connectivity index (χ0v) is 30.3. The smallest absolute Gasteiger partial charge is 0.207 e.